The normalized spacial score (nSPS) is 11.6. The molecule has 1 aromatic heterocycles. The van der Waals surface area contributed by atoms with E-state index < -0.39 is 0 Å². The van der Waals surface area contributed by atoms with E-state index in [0.717, 1.165) is 16.7 Å². The van der Waals surface area contributed by atoms with Gasteiger partial charge in [-0.25, -0.2) is 0 Å². The predicted molar refractivity (Wildman–Crippen MR) is 121 cm³/mol. The molecule has 0 aliphatic rings. The van der Waals surface area contributed by atoms with Crippen LogP contribution >= 0.6 is 0 Å². The number of fused-ring (bicyclic) bond motifs is 2. The van der Waals surface area contributed by atoms with E-state index >= 15 is 0 Å². The van der Waals surface area contributed by atoms with E-state index in [1.54, 1.807) is 24.3 Å². The van der Waals surface area contributed by atoms with Gasteiger partial charge in [-0.05, 0) is 53.4 Å². The summed E-state index contributed by atoms with van der Waals surface area (Å²) in [7, 11) is 0. The van der Waals surface area contributed by atoms with E-state index in [2.05, 4.69) is 31.1 Å². The fourth-order valence-electron chi connectivity index (χ4n) is 3.39. The van der Waals surface area contributed by atoms with Crippen LogP contribution in [-0.4, -0.2) is 17.5 Å². The highest BCUT2D eigenvalue weighted by atomic mass is 16.5. The summed E-state index contributed by atoms with van der Waals surface area (Å²) in [6.07, 6.45) is 0. The Morgan fingerprint density at radius 1 is 0.933 bits per heavy atom. The minimum absolute atomic E-state index is 0.0604. The van der Waals surface area contributed by atoms with E-state index in [1.807, 2.05) is 42.5 Å². The van der Waals surface area contributed by atoms with Gasteiger partial charge in [-0.15, -0.1) is 0 Å². The lowest BCUT2D eigenvalue weighted by Crippen LogP contribution is -2.20. The van der Waals surface area contributed by atoms with Crippen LogP contribution < -0.4 is 15.5 Å². The third-order valence-corrected chi connectivity index (χ3v) is 5.08. The van der Waals surface area contributed by atoms with Crippen molar-refractivity contribution in [3.8, 4) is 5.75 Å². The molecule has 152 valence electrons. The van der Waals surface area contributed by atoms with Crippen LogP contribution in [0.3, 0.4) is 0 Å². The summed E-state index contributed by atoms with van der Waals surface area (Å²) in [5, 5.41) is 3.99. The van der Waals surface area contributed by atoms with Gasteiger partial charge in [0.1, 0.15) is 5.75 Å². The molecule has 0 unspecified atom stereocenters. The number of H-pyrrole nitrogens is 1. The van der Waals surface area contributed by atoms with Crippen LogP contribution in [0.15, 0.2) is 71.5 Å². The second kappa shape index (κ2) is 7.67. The topological polar surface area (TPSA) is 71.2 Å². The van der Waals surface area contributed by atoms with Gasteiger partial charge in [-0.2, -0.15) is 0 Å². The van der Waals surface area contributed by atoms with Crippen molar-refractivity contribution in [3.63, 3.8) is 0 Å². The number of nitrogens with one attached hydrogen (secondary N) is 2. The molecule has 0 radical (unpaired) electrons. The van der Waals surface area contributed by atoms with Crippen molar-refractivity contribution < 1.29 is 9.53 Å². The molecule has 0 atom stereocenters. The first-order valence-corrected chi connectivity index (χ1v) is 9.89. The van der Waals surface area contributed by atoms with E-state index in [4.69, 9.17) is 4.74 Å². The highest BCUT2D eigenvalue weighted by Crippen LogP contribution is 2.24. The molecule has 1 heterocycles. The van der Waals surface area contributed by atoms with Crippen molar-refractivity contribution in [2.24, 2.45) is 0 Å². The van der Waals surface area contributed by atoms with Gasteiger partial charge < -0.3 is 15.0 Å². The molecule has 0 saturated carbocycles. The van der Waals surface area contributed by atoms with E-state index in [1.165, 1.54) is 5.56 Å². The number of benzene rings is 3. The summed E-state index contributed by atoms with van der Waals surface area (Å²) < 4.78 is 5.63. The Morgan fingerprint density at radius 3 is 2.37 bits per heavy atom. The minimum atomic E-state index is -0.258. The maximum absolute atomic E-state index is 12.8. The molecule has 0 fully saturated rings. The monoisotopic (exact) mass is 400 g/mol. The lowest BCUT2D eigenvalue weighted by molar-refractivity contribution is -0.118. The molecule has 0 aliphatic carbocycles. The van der Waals surface area contributed by atoms with Crippen LogP contribution in [0, 0.1) is 0 Å². The Kier molecular flexibility index (Phi) is 5.04. The SMILES string of the molecule is CC(C)(C)c1ccc(NC(=O)COc2ccc3[nH]c4ccccc4c(=O)c3c2)cc1. The first-order valence-electron chi connectivity index (χ1n) is 9.89. The van der Waals surface area contributed by atoms with Crippen molar-refractivity contribution in [1.82, 2.24) is 4.98 Å². The molecule has 0 bridgehead atoms. The lowest BCUT2D eigenvalue weighted by atomic mass is 9.87. The number of hydrogen-bond donors (Lipinski definition) is 2. The summed E-state index contributed by atoms with van der Waals surface area (Å²) >= 11 is 0. The average molecular weight is 400 g/mol. The van der Waals surface area contributed by atoms with Gasteiger partial charge in [-0.3, -0.25) is 9.59 Å². The predicted octanol–water partition coefficient (Wildman–Crippen LogP) is 5.00. The molecule has 5 nitrogen and oxygen atoms in total. The molecule has 1 amide bonds. The largest absolute Gasteiger partial charge is 0.484 e. The molecule has 0 saturated heterocycles. The van der Waals surface area contributed by atoms with Crippen LogP contribution in [0.25, 0.3) is 21.8 Å². The Labute approximate surface area is 174 Å². The van der Waals surface area contributed by atoms with Gasteiger partial charge in [0, 0.05) is 22.0 Å². The lowest BCUT2D eigenvalue weighted by Gasteiger charge is -2.19. The van der Waals surface area contributed by atoms with Gasteiger partial charge in [0.05, 0.1) is 5.52 Å². The van der Waals surface area contributed by atoms with Gasteiger partial charge in [-0.1, -0.05) is 45.0 Å². The first kappa shape index (κ1) is 19.7. The van der Waals surface area contributed by atoms with E-state index in [-0.39, 0.29) is 23.4 Å². The maximum Gasteiger partial charge on any atom is 0.262 e. The van der Waals surface area contributed by atoms with E-state index in [0.29, 0.717) is 16.5 Å². The Bertz CT molecular complexity index is 1280. The van der Waals surface area contributed by atoms with Crippen LogP contribution in [0.5, 0.6) is 5.75 Å². The summed E-state index contributed by atoms with van der Waals surface area (Å²) in [4.78, 5) is 28.3. The summed E-state index contributed by atoms with van der Waals surface area (Å²) in [5.41, 5.74) is 3.44. The summed E-state index contributed by atoms with van der Waals surface area (Å²) in [6, 6.07) is 20.4. The molecule has 0 spiro atoms. The van der Waals surface area contributed by atoms with Gasteiger partial charge >= 0.3 is 0 Å². The molecule has 3 aromatic carbocycles. The minimum Gasteiger partial charge on any atom is -0.484 e. The van der Waals surface area contributed by atoms with Crippen molar-refractivity contribution in [2.45, 2.75) is 26.2 Å². The van der Waals surface area contributed by atoms with Crippen LogP contribution in [0.2, 0.25) is 0 Å². The maximum atomic E-state index is 12.8. The molecule has 30 heavy (non-hydrogen) atoms. The smallest absolute Gasteiger partial charge is 0.262 e. The third kappa shape index (κ3) is 4.06. The Balaban J connectivity index is 1.46. The quantitative estimate of drug-likeness (QED) is 0.474. The number of aromatic amines is 1. The fraction of sp³-hybridized carbons (Fsp3) is 0.200. The van der Waals surface area contributed by atoms with Crippen LogP contribution in [0.1, 0.15) is 26.3 Å². The zero-order valence-corrected chi connectivity index (χ0v) is 17.3. The zero-order valence-electron chi connectivity index (χ0n) is 17.3. The van der Waals surface area contributed by atoms with E-state index in [9.17, 15) is 9.59 Å². The molecule has 4 rings (SSSR count). The van der Waals surface area contributed by atoms with Crippen LogP contribution in [-0.2, 0) is 10.2 Å². The number of rotatable bonds is 4. The number of para-hydroxylation sites is 1. The van der Waals surface area contributed by atoms with Crippen molar-refractivity contribution in [2.75, 3.05) is 11.9 Å². The summed E-state index contributed by atoms with van der Waals surface area (Å²) in [5.74, 6) is 0.215. The summed E-state index contributed by atoms with van der Waals surface area (Å²) in [6.45, 7) is 6.29. The Hall–Kier alpha value is -3.60. The number of carbonyl (C=O) groups excluding carboxylic acids is 1. The molecular formula is C25H24N2O3. The average Bonchev–Trinajstić information content (AvgIpc) is 2.72. The van der Waals surface area contributed by atoms with Crippen molar-refractivity contribution >= 4 is 33.4 Å². The first-order chi connectivity index (χ1) is 14.3. The number of amides is 1. The van der Waals surface area contributed by atoms with Crippen molar-refractivity contribution in [1.29, 1.82) is 0 Å². The van der Waals surface area contributed by atoms with Gasteiger partial charge in [0.25, 0.3) is 5.91 Å². The third-order valence-electron chi connectivity index (χ3n) is 5.08. The van der Waals surface area contributed by atoms with Gasteiger partial charge in [0.2, 0.25) is 0 Å². The molecular weight excluding hydrogens is 376 g/mol. The molecule has 4 aromatic rings. The zero-order chi connectivity index (χ0) is 21.3. The Morgan fingerprint density at radius 2 is 1.63 bits per heavy atom. The second-order valence-electron chi connectivity index (χ2n) is 8.37. The number of pyridine rings is 1. The highest BCUT2D eigenvalue weighted by Gasteiger charge is 2.13. The van der Waals surface area contributed by atoms with Gasteiger partial charge in [0.15, 0.2) is 12.0 Å². The number of ether oxygens (including phenoxy) is 1. The standard InChI is InChI=1S/C25H24N2O3/c1-25(2,3)16-8-10-17(11-9-16)26-23(28)15-30-18-12-13-22-20(14-18)24(29)19-6-4-5-7-21(19)27-22/h4-14H,15H2,1-3H3,(H,26,28)(H,27,29). The fourth-order valence-corrected chi connectivity index (χ4v) is 3.39. The van der Waals surface area contributed by atoms with Crippen LogP contribution in [0.4, 0.5) is 5.69 Å². The highest BCUT2D eigenvalue weighted by molar-refractivity contribution is 5.93. The number of anilines is 1. The molecule has 2 N–H and O–H groups in total. The second-order valence-corrected chi connectivity index (χ2v) is 8.37. The number of carbonyl (C=O) groups is 1. The van der Waals surface area contributed by atoms with Crippen molar-refractivity contribution in [3.05, 3.63) is 82.5 Å². The molecule has 0 aliphatic heterocycles. The number of hydrogen-bond acceptors (Lipinski definition) is 3. The molecule has 5 heteroatoms. The number of aromatic nitrogens is 1.